The van der Waals surface area contributed by atoms with Crippen molar-refractivity contribution in [1.82, 2.24) is 15.1 Å². The van der Waals surface area contributed by atoms with Gasteiger partial charge in [-0.2, -0.15) is 0 Å². The van der Waals surface area contributed by atoms with Gasteiger partial charge in [0.2, 0.25) is 5.91 Å². The first-order valence-corrected chi connectivity index (χ1v) is 8.91. The third kappa shape index (κ3) is 5.92. The standard InChI is InChI=1S/C21H26N4O3/c1-22-20(27)16-7-5-15(6-8-16)13-25(4)14-19(26)23-18-11-9-17(10-12-18)21(28)24(2)3/h5-12H,13-14H2,1-4H3,(H,22,27)(H,23,26). The topological polar surface area (TPSA) is 81.8 Å². The Kier molecular flexibility index (Phi) is 7.28. The van der Waals surface area contributed by atoms with E-state index in [0.717, 1.165) is 5.56 Å². The van der Waals surface area contributed by atoms with Gasteiger partial charge in [-0.3, -0.25) is 19.3 Å². The molecule has 0 aromatic heterocycles. The van der Waals surface area contributed by atoms with Crippen molar-refractivity contribution in [3.05, 3.63) is 65.2 Å². The average Bonchev–Trinajstić information content (AvgIpc) is 2.67. The van der Waals surface area contributed by atoms with Crippen molar-refractivity contribution < 1.29 is 14.4 Å². The smallest absolute Gasteiger partial charge is 0.253 e. The summed E-state index contributed by atoms with van der Waals surface area (Å²) in [5.41, 5.74) is 2.82. The normalized spacial score (nSPS) is 10.5. The number of hydrogen-bond acceptors (Lipinski definition) is 4. The Labute approximate surface area is 165 Å². The minimum Gasteiger partial charge on any atom is -0.355 e. The molecule has 0 aliphatic rings. The van der Waals surface area contributed by atoms with E-state index >= 15 is 0 Å². The fourth-order valence-corrected chi connectivity index (χ4v) is 2.67. The van der Waals surface area contributed by atoms with E-state index in [2.05, 4.69) is 10.6 Å². The fourth-order valence-electron chi connectivity index (χ4n) is 2.67. The third-order valence-electron chi connectivity index (χ3n) is 4.13. The number of carbonyl (C=O) groups is 3. The van der Waals surface area contributed by atoms with Gasteiger partial charge in [0, 0.05) is 44.5 Å². The van der Waals surface area contributed by atoms with Crippen molar-refractivity contribution in [2.24, 2.45) is 0 Å². The van der Waals surface area contributed by atoms with E-state index < -0.39 is 0 Å². The van der Waals surface area contributed by atoms with Gasteiger partial charge in [-0.05, 0) is 49.0 Å². The Bertz CT molecular complexity index is 830. The van der Waals surface area contributed by atoms with E-state index in [9.17, 15) is 14.4 Å². The lowest BCUT2D eigenvalue weighted by molar-refractivity contribution is -0.117. The summed E-state index contributed by atoms with van der Waals surface area (Å²) in [6, 6.07) is 14.1. The molecule has 2 aromatic rings. The second kappa shape index (κ2) is 9.66. The molecule has 148 valence electrons. The molecule has 0 spiro atoms. The number of hydrogen-bond donors (Lipinski definition) is 2. The number of amides is 3. The van der Waals surface area contributed by atoms with Crippen LogP contribution < -0.4 is 10.6 Å². The molecule has 0 saturated heterocycles. The molecule has 0 radical (unpaired) electrons. The maximum atomic E-state index is 12.2. The number of nitrogens with one attached hydrogen (secondary N) is 2. The Morgan fingerprint density at radius 3 is 1.96 bits per heavy atom. The number of nitrogens with zero attached hydrogens (tertiary/aromatic N) is 2. The minimum atomic E-state index is -0.142. The molecule has 0 fully saturated rings. The largest absolute Gasteiger partial charge is 0.355 e. The molecule has 0 heterocycles. The summed E-state index contributed by atoms with van der Waals surface area (Å²) in [6.07, 6.45) is 0. The van der Waals surface area contributed by atoms with Crippen molar-refractivity contribution >= 4 is 23.4 Å². The van der Waals surface area contributed by atoms with Gasteiger partial charge < -0.3 is 15.5 Å². The summed E-state index contributed by atoms with van der Waals surface area (Å²) in [7, 11) is 6.83. The predicted octanol–water partition coefficient (Wildman–Crippen LogP) is 1.82. The average molecular weight is 382 g/mol. The summed E-state index contributed by atoms with van der Waals surface area (Å²) < 4.78 is 0. The van der Waals surface area contributed by atoms with Crippen LogP contribution in [0.4, 0.5) is 5.69 Å². The van der Waals surface area contributed by atoms with Crippen LogP contribution in [0.25, 0.3) is 0 Å². The Hall–Kier alpha value is -3.19. The van der Waals surface area contributed by atoms with Crippen molar-refractivity contribution in [2.75, 3.05) is 40.1 Å². The summed E-state index contributed by atoms with van der Waals surface area (Å²) in [5, 5.41) is 5.41. The first-order chi connectivity index (χ1) is 13.3. The van der Waals surface area contributed by atoms with Gasteiger partial charge in [0.05, 0.1) is 6.54 Å². The van der Waals surface area contributed by atoms with Crippen molar-refractivity contribution in [2.45, 2.75) is 6.54 Å². The minimum absolute atomic E-state index is 0.0833. The lowest BCUT2D eigenvalue weighted by Crippen LogP contribution is -2.30. The SMILES string of the molecule is CNC(=O)c1ccc(CN(C)CC(=O)Nc2ccc(C(=O)N(C)C)cc2)cc1. The molecule has 0 aliphatic heterocycles. The highest BCUT2D eigenvalue weighted by molar-refractivity contribution is 5.96. The molecule has 7 nitrogen and oxygen atoms in total. The monoisotopic (exact) mass is 382 g/mol. The Balaban J connectivity index is 1.87. The molecule has 0 unspecified atom stereocenters. The van der Waals surface area contributed by atoms with Crippen molar-refractivity contribution in [3.63, 3.8) is 0 Å². The molecular formula is C21H26N4O3. The fraction of sp³-hybridized carbons (Fsp3) is 0.286. The van der Waals surface area contributed by atoms with Gasteiger partial charge >= 0.3 is 0 Å². The van der Waals surface area contributed by atoms with Crippen molar-refractivity contribution in [3.8, 4) is 0 Å². The molecule has 2 rings (SSSR count). The quantitative estimate of drug-likeness (QED) is 0.765. The first-order valence-electron chi connectivity index (χ1n) is 8.91. The summed E-state index contributed by atoms with van der Waals surface area (Å²) in [6.45, 7) is 0.799. The van der Waals surface area contributed by atoms with Crippen molar-refractivity contribution in [1.29, 1.82) is 0 Å². The molecule has 0 atom stereocenters. The zero-order valence-corrected chi connectivity index (χ0v) is 16.7. The maximum Gasteiger partial charge on any atom is 0.253 e. The maximum absolute atomic E-state index is 12.2. The van der Waals surface area contributed by atoms with Crippen LogP contribution >= 0.6 is 0 Å². The molecule has 28 heavy (non-hydrogen) atoms. The molecule has 7 heteroatoms. The van der Waals surface area contributed by atoms with Gasteiger partial charge in [0.25, 0.3) is 11.8 Å². The molecular weight excluding hydrogens is 356 g/mol. The number of likely N-dealkylation sites (N-methyl/N-ethyl adjacent to an activating group) is 1. The second-order valence-corrected chi connectivity index (χ2v) is 6.77. The number of rotatable bonds is 7. The zero-order valence-electron chi connectivity index (χ0n) is 16.7. The predicted molar refractivity (Wildman–Crippen MR) is 109 cm³/mol. The van der Waals surface area contributed by atoms with Crippen LogP contribution in [-0.4, -0.2) is 62.3 Å². The van der Waals surface area contributed by atoms with Crippen LogP contribution in [0.15, 0.2) is 48.5 Å². The van der Waals surface area contributed by atoms with Gasteiger partial charge in [-0.1, -0.05) is 12.1 Å². The molecule has 3 amide bonds. The molecule has 2 N–H and O–H groups in total. The van der Waals surface area contributed by atoms with Crippen LogP contribution in [0.2, 0.25) is 0 Å². The summed E-state index contributed by atoms with van der Waals surface area (Å²) in [5.74, 6) is -0.353. The van der Waals surface area contributed by atoms with Gasteiger partial charge in [0.1, 0.15) is 0 Å². The highest BCUT2D eigenvalue weighted by Crippen LogP contribution is 2.11. The van der Waals surface area contributed by atoms with Gasteiger partial charge in [-0.15, -0.1) is 0 Å². The number of benzene rings is 2. The lowest BCUT2D eigenvalue weighted by Gasteiger charge is -2.17. The van der Waals surface area contributed by atoms with E-state index in [1.807, 2.05) is 24.1 Å². The molecule has 0 saturated carbocycles. The summed E-state index contributed by atoms with van der Waals surface area (Å²) in [4.78, 5) is 39.1. The highest BCUT2D eigenvalue weighted by atomic mass is 16.2. The summed E-state index contributed by atoms with van der Waals surface area (Å²) >= 11 is 0. The van der Waals surface area contributed by atoms with Crippen LogP contribution in [0, 0.1) is 0 Å². The van der Waals surface area contributed by atoms with E-state index in [1.54, 1.807) is 57.5 Å². The number of anilines is 1. The Morgan fingerprint density at radius 2 is 1.43 bits per heavy atom. The molecule has 0 aliphatic carbocycles. The van der Waals surface area contributed by atoms with E-state index in [4.69, 9.17) is 0 Å². The van der Waals surface area contributed by atoms with E-state index in [0.29, 0.717) is 23.4 Å². The van der Waals surface area contributed by atoms with Gasteiger partial charge in [-0.25, -0.2) is 0 Å². The zero-order chi connectivity index (χ0) is 20.7. The lowest BCUT2D eigenvalue weighted by atomic mass is 10.1. The third-order valence-corrected chi connectivity index (χ3v) is 4.13. The van der Waals surface area contributed by atoms with Crippen LogP contribution in [-0.2, 0) is 11.3 Å². The van der Waals surface area contributed by atoms with E-state index in [1.165, 1.54) is 4.90 Å². The highest BCUT2D eigenvalue weighted by Gasteiger charge is 2.10. The first kappa shape index (κ1) is 21.1. The molecule has 2 aromatic carbocycles. The molecule has 0 bridgehead atoms. The van der Waals surface area contributed by atoms with E-state index in [-0.39, 0.29) is 24.3 Å². The second-order valence-electron chi connectivity index (χ2n) is 6.77. The van der Waals surface area contributed by atoms with Crippen LogP contribution in [0.1, 0.15) is 26.3 Å². The Morgan fingerprint density at radius 1 is 0.857 bits per heavy atom. The number of carbonyl (C=O) groups excluding carboxylic acids is 3. The van der Waals surface area contributed by atoms with Crippen LogP contribution in [0.5, 0.6) is 0 Å². The van der Waals surface area contributed by atoms with Gasteiger partial charge in [0.15, 0.2) is 0 Å². The van der Waals surface area contributed by atoms with Crippen LogP contribution in [0.3, 0.4) is 0 Å².